The van der Waals surface area contributed by atoms with Crippen LogP contribution in [0.3, 0.4) is 0 Å². The van der Waals surface area contributed by atoms with Crippen LogP contribution in [-0.2, 0) is 10.0 Å². The van der Waals surface area contributed by atoms with E-state index in [-0.39, 0.29) is 17.3 Å². The quantitative estimate of drug-likeness (QED) is 0.602. The summed E-state index contributed by atoms with van der Waals surface area (Å²) < 4.78 is 27.8. The van der Waals surface area contributed by atoms with Crippen molar-refractivity contribution < 1.29 is 13.2 Å². The third-order valence-electron chi connectivity index (χ3n) is 4.93. The molecule has 0 spiro atoms. The lowest BCUT2D eigenvalue weighted by Gasteiger charge is -2.23. The predicted molar refractivity (Wildman–Crippen MR) is 122 cm³/mol. The highest BCUT2D eigenvalue weighted by molar-refractivity contribution is 7.92. The van der Waals surface area contributed by atoms with Gasteiger partial charge in [0.1, 0.15) is 0 Å². The number of amides is 1. The topological polar surface area (TPSA) is 66.5 Å². The summed E-state index contributed by atoms with van der Waals surface area (Å²) >= 11 is 0. The number of aryl methyl sites for hydroxylation is 3. The molecule has 0 saturated heterocycles. The lowest BCUT2D eigenvalue weighted by atomic mass is 10.0. The molecule has 3 aromatic carbocycles. The number of sulfonamides is 1. The number of hydrogen-bond acceptors (Lipinski definition) is 3. The Morgan fingerprint density at radius 1 is 0.900 bits per heavy atom. The van der Waals surface area contributed by atoms with Gasteiger partial charge in [-0.2, -0.15) is 0 Å². The van der Waals surface area contributed by atoms with E-state index in [0.717, 1.165) is 22.4 Å². The highest BCUT2D eigenvalue weighted by Gasteiger charge is 2.24. The molecule has 0 radical (unpaired) electrons. The number of hydrogen-bond donors (Lipinski definition) is 1. The second-order valence-electron chi connectivity index (χ2n) is 7.26. The van der Waals surface area contributed by atoms with Crippen molar-refractivity contribution in [1.29, 1.82) is 0 Å². The van der Waals surface area contributed by atoms with Crippen LogP contribution in [0.1, 0.15) is 34.0 Å². The molecule has 30 heavy (non-hydrogen) atoms. The second kappa shape index (κ2) is 8.71. The molecule has 0 heterocycles. The number of para-hydroxylation sites is 1. The molecule has 0 unspecified atom stereocenters. The first kappa shape index (κ1) is 21.6. The third-order valence-corrected chi connectivity index (χ3v) is 6.83. The molecule has 6 heteroatoms. The standard InChI is InChI=1S/C24H26N2O3S/c1-5-26(21-11-7-6-8-12-21)30(28,29)22-13-9-10-20(16-22)24(27)25-23-18(3)14-17(2)15-19(23)4/h6-16H,5H2,1-4H3,(H,25,27). The van der Waals surface area contributed by atoms with Crippen molar-refractivity contribution in [3.8, 4) is 0 Å². The van der Waals surface area contributed by atoms with Gasteiger partial charge in [0.25, 0.3) is 15.9 Å². The van der Waals surface area contributed by atoms with E-state index in [1.54, 1.807) is 43.3 Å². The highest BCUT2D eigenvalue weighted by atomic mass is 32.2. The van der Waals surface area contributed by atoms with Gasteiger partial charge in [0.2, 0.25) is 0 Å². The maximum Gasteiger partial charge on any atom is 0.264 e. The molecule has 0 aliphatic carbocycles. The Balaban J connectivity index is 1.93. The lowest BCUT2D eigenvalue weighted by Crippen LogP contribution is -2.31. The van der Waals surface area contributed by atoms with E-state index in [4.69, 9.17) is 0 Å². The van der Waals surface area contributed by atoms with Gasteiger partial charge < -0.3 is 5.32 Å². The number of carbonyl (C=O) groups is 1. The lowest BCUT2D eigenvalue weighted by molar-refractivity contribution is 0.102. The normalized spacial score (nSPS) is 11.2. The van der Waals surface area contributed by atoms with E-state index in [9.17, 15) is 13.2 Å². The van der Waals surface area contributed by atoms with E-state index in [1.165, 1.54) is 16.4 Å². The minimum absolute atomic E-state index is 0.0817. The van der Waals surface area contributed by atoms with Gasteiger partial charge in [0.15, 0.2) is 0 Å². The maximum atomic E-state index is 13.2. The summed E-state index contributed by atoms with van der Waals surface area (Å²) in [5, 5.41) is 2.93. The first-order chi connectivity index (χ1) is 14.2. The van der Waals surface area contributed by atoms with Gasteiger partial charge in [-0.05, 0) is 69.2 Å². The van der Waals surface area contributed by atoms with E-state index in [1.807, 2.05) is 39.0 Å². The summed E-state index contributed by atoms with van der Waals surface area (Å²) in [6.07, 6.45) is 0. The Kier molecular flexibility index (Phi) is 6.27. The summed E-state index contributed by atoms with van der Waals surface area (Å²) in [4.78, 5) is 13.0. The van der Waals surface area contributed by atoms with Crippen molar-refractivity contribution in [3.63, 3.8) is 0 Å². The van der Waals surface area contributed by atoms with Gasteiger partial charge in [-0.3, -0.25) is 9.10 Å². The SMILES string of the molecule is CCN(c1ccccc1)S(=O)(=O)c1cccc(C(=O)Nc2c(C)cc(C)cc2C)c1. The van der Waals surface area contributed by atoms with Crippen molar-refractivity contribution in [3.05, 3.63) is 89.0 Å². The molecule has 0 aliphatic heterocycles. The zero-order chi connectivity index (χ0) is 21.9. The summed E-state index contributed by atoms with van der Waals surface area (Å²) in [5.74, 6) is -0.343. The first-order valence-electron chi connectivity index (χ1n) is 9.81. The van der Waals surface area contributed by atoms with Crippen molar-refractivity contribution in [2.45, 2.75) is 32.6 Å². The number of anilines is 2. The van der Waals surface area contributed by atoms with Crippen LogP contribution in [0.4, 0.5) is 11.4 Å². The van der Waals surface area contributed by atoms with Crippen molar-refractivity contribution >= 4 is 27.3 Å². The monoisotopic (exact) mass is 422 g/mol. The Morgan fingerprint density at radius 3 is 2.13 bits per heavy atom. The van der Waals surface area contributed by atoms with Gasteiger partial charge in [0, 0.05) is 17.8 Å². The predicted octanol–water partition coefficient (Wildman–Crippen LogP) is 5.08. The Labute approximate surface area is 178 Å². The number of benzene rings is 3. The molecule has 0 aromatic heterocycles. The molecule has 156 valence electrons. The number of nitrogens with zero attached hydrogens (tertiary/aromatic N) is 1. The first-order valence-corrected chi connectivity index (χ1v) is 11.2. The van der Waals surface area contributed by atoms with Crippen LogP contribution in [0.5, 0.6) is 0 Å². The minimum atomic E-state index is -3.80. The Morgan fingerprint density at radius 2 is 1.53 bits per heavy atom. The molecule has 0 saturated carbocycles. The number of carbonyl (C=O) groups excluding carboxylic acids is 1. The van der Waals surface area contributed by atoms with Crippen LogP contribution < -0.4 is 9.62 Å². The molecular weight excluding hydrogens is 396 g/mol. The molecule has 1 amide bonds. The fourth-order valence-corrected chi connectivity index (χ4v) is 5.09. The molecule has 0 fully saturated rings. The van der Waals surface area contributed by atoms with Crippen LogP contribution in [0.15, 0.2) is 71.6 Å². The smallest absolute Gasteiger partial charge is 0.264 e. The number of rotatable bonds is 6. The molecule has 3 aromatic rings. The average Bonchev–Trinajstić information content (AvgIpc) is 2.71. The fourth-order valence-electron chi connectivity index (χ4n) is 3.57. The highest BCUT2D eigenvalue weighted by Crippen LogP contribution is 2.25. The van der Waals surface area contributed by atoms with Gasteiger partial charge in [-0.1, -0.05) is 42.0 Å². The average molecular weight is 423 g/mol. The summed E-state index contributed by atoms with van der Waals surface area (Å²) in [7, 11) is -3.80. The summed E-state index contributed by atoms with van der Waals surface area (Å²) in [6.45, 7) is 7.95. The second-order valence-corrected chi connectivity index (χ2v) is 9.12. The van der Waals surface area contributed by atoms with E-state index in [2.05, 4.69) is 5.32 Å². The fraction of sp³-hybridized carbons (Fsp3) is 0.208. The molecule has 0 bridgehead atoms. The van der Waals surface area contributed by atoms with Crippen LogP contribution in [0, 0.1) is 20.8 Å². The Bertz CT molecular complexity index is 1150. The van der Waals surface area contributed by atoms with Gasteiger partial charge in [-0.25, -0.2) is 8.42 Å². The zero-order valence-electron chi connectivity index (χ0n) is 17.6. The van der Waals surface area contributed by atoms with Gasteiger partial charge >= 0.3 is 0 Å². The van der Waals surface area contributed by atoms with E-state index < -0.39 is 10.0 Å². The van der Waals surface area contributed by atoms with Crippen molar-refractivity contribution in [2.75, 3.05) is 16.2 Å². The van der Waals surface area contributed by atoms with Crippen LogP contribution in [-0.4, -0.2) is 20.9 Å². The van der Waals surface area contributed by atoms with Crippen LogP contribution in [0.2, 0.25) is 0 Å². The van der Waals surface area contributed by atoms with Gasteiger partial charge in [0.05, 0.1) is 10.6 Å². The number of nitrogens with one attached hydrogen (secondary N) is 1. The van der Waals surface area contributed by atoms with Crippen molar-refractivity contribution in [1.82, 2.24) is 0 Å². The summed E-state index contributed by atoms with van der Waals surface area (Å²) in [5.41, 5.74) is 4.67. The largest absolute Gasteiger partial charge is 0.322 e. The van der Waals surface area contributed by atoms with E-state index >= 15 is 0 Å². The van der Waals surface area contributed by atoms with E-state index in [0.29, 0.717) is 11.3 Å². The molecule has 0 atom stereocenters. The minimum Gasteiger partial charge on any atom is -0.322 e. The van der Waals surface area contributed by atoms with Crippen LogP contribution in [0.25, 0.3) is 0 Å². The molecule has 1 N–H and O–H groups in total. The zero-order valence-corrected chi connectivity index (χ0v) is 18.5. The maximum absolute atomic E-state index is 13.2. The molecule has 5 nitrogen and oxygen atoms in total. The molecule has 3 rings (SSSR count). The summed E-state index contributed by atoms with van der Waals surface area (Å²) in [6, 6.07) is 19.1. The third kappa shape index (κ3) is 4.39. The Hall–Kier alpha value is -3.12. The molecule has 0 aliphatic rings. The van der Waals surface area contributed by atoms with Gasteiger partial charge in [-0.15, -0.1) is 0 Å². The molecular formula is C24H26N2O3S. The van der Waals surface area contributed by atoms with Crippen LogP contribution >= 0.6 is 0 Å². The van der Waals surface area contributed by atoms with Crippen molar-refractivity contribution in [2.24, 2.45) is 0 Å².